The molecule has 0 aromatic rings. The van der Waals surface area contributed by atoms with Crippen LogP contribution < -0.4 is 0 Å². The molecule has 0 radical (unpaired) electrons. The van der Waals surface area contributed by atoms with Gasteiger partial charge in [-0.25, -0.2) is 0 Å². The number of carbonyl (C=O) groups excluding carboxylic acids is 1. The second kappa shape index (κ2) is 40.8. The van der Waals surface area contributed by atoms with Crippen molar-refractivity contribution >= 4 is 11.9 Å². The molecule has 0 aromatic heterocycles. The number of rotatable bonds is 37. The van der Waals surface area contributed by atoms with Gasteiger partial charge in [-0.3, -0.25) is 9.59 Å². The molecule has 0 aromatic carbocycles. The van der Waals surface area contributed by atoms with E-state index in [-0.39, 0.29) is 12.1 Å². The van der Waals surface area contributed by atoms with Crippen molar-refractivity contribution in [1.29, 1.82) is 0 Å². The molecule has 0 aliphatic rings. The monoisotopic (exact) mass is 695 g/mol. The van der Waals surface area contributed by atoms with Crippen LogP contribution in [0.4, 0.5) is 0 Å². The van der Waals surface area contributed by atoms with E-state index < -0.39 is 5.97 Å². The summed E-state index contributed by atoms with van der Waals surface area (Å²) in [6.45, 7) is 4.42. The van der Waals surface area contributed by atoms with Crippen LogP contribution in [0.2, 0.25) is 0 Å². The lowest BCUT2D eigenvalue weighted by Gasteiger charge is -2.18. The van der Waals surface area contributed by atoms with E-state index in [0.717, 1.165) is 89.9 Å². The van der Waals surface area contributed by atoms with E-state index in [2.05, 4.69) is 86.8 Å². The first-order chi connectivity index (χ1) is 24.6. The molecule has 4 heteroatoms. The molecule has 0 fully saturated rings. The van der Waals surface area contributed by atoms with Crippen LogP contribution in [0.15, 0.2) is 72.9 Å². The summed E-state index contributed by atoms with van der Waals surface area (Å²) in [4.78, 5) is 23.3. The SMILES string of the molecule is CC/C=C\C/C=C\C/C=C\C/C=C\C/C=C\C/C=C\CCC(=O)OC(CCCCCCCCCC)CCCCCCCCCCCCC(=O)O. The van der Waals surface area contributed by atoms with Crippen molar-refractivity contribution in [3.05, 3.63) is 72.9 Å². The molecule has 0 saturated heterocycles. The highest BCUT2D eigenvalue weighted by atomic mass is 16.5. The number of carbonyl (C=O) groups is 2. The molecule has 0 amide bonds. The van der Waals surface area contributed by atoms with Crippen LogP contribution in [0.5, 0.6) is 0 Å². The highest BCUT2D eigenvalue weighted by molar-refractivity contribution is 5.69. The Bertz CT molecular complexity index is 922. The summed E-state index contributed by atoms with van der Waals surface area (Å²) in [7, 11) is 0. The lowest BCUT2D eigenvalue weighted by molar-refractivity contribution is -0.149. The lowest BCUT2D eigenvalue weighted by Crippen LogP contribution is -2.18. The number of esters is 1. The maximum Gasteiger partial charge on any atom is 0.306 e. The summed E-state index contributed by atoms with van der Waals surface area (Å²) in [5, 5.41) is 8.73. The van der Waals surface area contributed by atoms with Gasteiger partial charge in [0, 0.05) is 12.8 Å². The number of unbranched alkanes of at least 4 members (excludes halogenated alkanes) is 16. The lowest BCUT2D eigenvalue weighted by atomic mass is 10.0. The number of hydrogen-bond donors (Lipinski definition) is 1. The molecule has 0 saturated carbocycles. The fourth-order valence-electron chi connectivity index (χ4n) is 5.92. The van der Waals surface area contributed by atoms with Crippen molar-refractivity contribution in [2.24, 2.45) is 0 Å². The van der Waals surface area contributed by atoms with E-state index in [9.17, 15) is 9.59 Å². The number of hydrogen-bond acceptors (Lipinski definition) is 3. The minimum Gasteiger partial charge on any atom is -0.481 e. The van der Waals surface area contributed by atoms with Gasteiger partial charge in [0.15, 0.2) is 0 Å². The van der Waals surface area contributed by atoms with Crippen molar-refractivity contribution in [2.45, 2.75) is 206 Å². The average molecular weight is 695 g/mol. The van der Waals surface area contributed by atoms with E-state index >= 15 is 0 Å². The smallest absolute Gasteiger partial charge is 0.306 e. The van der Waals surface area contributed by atoms with Crippen LogP contribution in [-0.2, 0) is 14.3 Å². The molecule has 1 unspecified atom stereocenters. The van der Waals surface area contributed by atoms with Gasteiger partial charge in [0.2, 0.25) is 0 Å². The Balaban J connectivity index is 4.18. The van der Waals surface area contributed by atoms with Crippen molar-refractivity contribution in [3.63, 3.8) is 0 Å². The summed E-state index contributed by atoms with van der Waals surface area (Å²) < 4.78 is 6.01. The third-order valence-corrected chi connectivity index (χ3v) is 8.96. The Kier molecular flexibility index (Phi) is 38.7. The molecule has 0 heterocycles. The zero-order chi connectivity index (χ0) is 36.4. The second-order valence-corrected chi connectivity index (χ2v) is 13.8. The summed E-state index contributed by atoms with van der Waals surface area (Å²) in [6.07, 6.45) is 57.9. The topological polar surface area (TPSA) is 63.6 Å². The summed E-state index contributed by atoms with van der Waals surface area (Å²) in [5.74, 6) is -0.724. The van der Waals surface area contributed by atoms with E-state index in [1.807, 2.05) is 0 Å². The van der Waals surface area contributed by atoms with Crippen molar-refractivity contribution in [2.75, 3.05) is 0 Å². The van der Waals surface area contributed by atoms with Crippen LogP contribution in [0.1, 0.15) is 200 Å². The zero-order valence-electron chi connectivity index (χ0n) is 32.7. The Morgan fingerprint density at radius 2 is 0.820 bits per heavy atom. The first kappa shape index (κ1) is 47.4. The normalized spacial score (nSPS) is 13.0. The molecule has 0 aliphatic carbocycles. The third-order valence-electron chi connectivity index (χ3n) is 8.96. The van der Waals surface area contributed by atoms with Gasteiger partial charge in [0.25, 0.3) is 0 Å². The third kappa shape index (κ3) is 39.8. The van der Waals surface area contributed by atoms with E-state index in [0.29, 0.717) is 12.8 Å². The van der Waals surface area contributed by atoms with Gasteiger partial charge >= 0.3 is 11.9 Å². The summed E-state index contributed by atoms with van der Waals surface area (Å²) in [6, 6.07) is 0. The Hall–Kier alpha value is -2.62. The van der Waals surface area contributed by atoms with Crippen LogP contribution in [-0.4, -0.2) is 23.1 Å². The number of allylic oxidation sites excluding steroid dienone is 12. The number of aliphatic carboxylic acids is 1. The second-order valence-electron chi connectivity index (χ2n) is 13.8. The minimum atomic E-state index is -0.680. The number of ether oxygens (including phenoxy) is 1. The van der Waals surface area contributed by atoms with Crippen molar-refractivity contribution in [3.8, 4) is 0 Å². The Labute approximate surface area is 309 Å². The van der Waals surface area contributed by atoms with Gasteiger partial charge in [0.05, 0.1) is 0 Å². The molecule has 4 nitrogen and oxygen atoms in total. The maximum atomic E-state index is 12.7. The van der Waals surface area contributed by atoms with Crippen LogP contribution >= 0.6 is 0 Å². The van der Waals surface area contributed by atoms with Gasteiger partial charge in [-0.2, -0.15) is 0 Å². The predicted octanol–water partition coefficient (Wildman–Crippen LogP) is 14.7. The largest absolute Gasteiger partial charge is 0.481 e. The average Bonchev–Trinajstić information content (AvgIpc) is 3.10. The van der Waals surface area contributed by atoms with Crippen molar-refractivity contribution in [1.82, 2.24) is 0 Å². The van der Waals surface area contributed by atoms with Gasteiger partial charge in [0.1, 0.15) is 6.10 Å². The van der Waals surface area contributed by atoms with Crippen molar-refractivity contribution < 1.29 is 19.4 Å². The minimum absolute atomic E-state index is 0.0440. The standard InChI is InChI=1S/C46H78O4/c1-3-5-7-9-11-13-14-15-16-17-18-19-20-21-22-27-31-35-39-43-46(49)50-44(40-36-32-28-12-10-8-6-4-2)41-37-33-29-25-23-24-26-30-34-38-42-45(47)48/h5,7,11,13,15-16,18-19,21-22,31,35,44H,3-4,6,8-10,12,14,17,20,23-30,32-34,36-43H2,1-2H3,(H,47,48)/b7-5-,13-11-,16-15-,19-18-,22-21-,35-31-. The highest BCUT2D eigenvalue weighted by Crippen LogP contribution is 2.19. The molecule has 286 valence electrons. The van der Waals surface area contributed by atoms with E-state index in [1.165, 1.54) is 83.5 Å². The molecular weight excluding hydrogens is 617 g/mol. The molecule has 1 atom stereocenters. The van der Waals surface area contributed by atoms with Crippen LogP contribution in [0.3, 0.4) is 0 Å². The molecule has 50 heavy (non-hydrogen) atoms. The molecule has 0 aliphatic heterocycles. The fraction of sp³-hybridized carbons (Fsp3) is 0.696. The Morgan fingerprint density at radius 1 is 0.460 bits per heavy atom. The zero-order valence-corrected chi connectivity index (χ0v) is 32.7. The molecular formula is C46H78O4. The van der Waals surface area contributed by atoms with E-state index in [1.54, 1.807) is 0 Å². The highest BCUT2D eigenvalue weighted by Gasteiger charge is 2.14. The molecule has 0 spiro atoms. The van der Waals surface area contributed by atoms with Gasteiger partial charge in [-0.1, -0.05) is 183 Å². The Morgan fingerprint density at radius 3 is 1.22 bits per heavy atom. The summed E-state index contributed by atoms with van der Waals surface area (Å²) >= 11 is 0. The van der Waals surface area contributed by atoms with Crippen LogP contribution in [0, 0.1) is 0 Å². The number of carboxylic acids is 1. The molecule has 0 bridgehead atoms. The quantitative estimate of drug-likeness (QED) is 0.0399. The first-order valence-electron chi connectivity index (χ1n) is 20.9. The number of carboxylic acid groups (broad SMARTS) is 1. The van der Waals surface area contributed by atoms with Crippen LogP contribution in [0.25, 0.3) is 0 Å². The van der Waals surface area contributed by atoms with Gasteiger partial charge in [-0.15, -0.1) is 0 Å². The summed E-state index contributed by atoms with van der Waals surface area (Å²) in [5.41, 5.74) is 0. The fourth-order valence-corrected chi connectivity index (χ4v) is 5.92. The predicted molar refractivity (Wildman–Crippen MR) is 218 cm³/mol. The molecule has 1 N–H and O–H groups in total. The van der Waals surface area contributed by atoms with E-state index in [4.69, 9.17) is 9.84 Å². The first-order valence-corrected chi connectivity index (χ1v) is 20.9. The van der Waals surface area contributed by atoms with Gasteiger partial charge in [-0.05, 0) is 77.0 Å². The maximum absolute atomic E-state index is 12.7. The molecule has 0 rings (SSSR count). The van der Waals surface area contributed by atoms with Gasteiger partial charge < -0.3 is 9.84 Å².